The highest BCUT2D eigenvalue weighted by Gasteiger charge is 2.31. The van der Waals surface area contributed by atoms with Gasteiger partial charge in [-0.05, 0) is 25.0 Å². The molecule has 1 fully saturated rings. The smallest absolute Gasteiger partial charge is 0.387 e. The minimum atomic E-state index is -2.81. The Kier molecular flexibility index (Phi) is 5.17. The molecule has 0 atom stereocenters. The van der Waals surface area contributed by atoms with Gasteiger partial charge in [0.25, 0.3) is 0 Å². The molecule has 0 bridgehead atoms. The molecule has 1 aliphatic carbocycles. The molecule has 1 aromatic rings. The summed E-state index contributed by atoms with van der Waals surface area (Å²) in [6.07, 6.45) is 5.50. The van der Waals surface area contributed by atoms with Crippen molar-refractivity contribution < 1.29 is 18.6 Å². The fourth-order valence-corrected chi connectivity index (χ4v) is 2.76. The van der Waals surface area contributed by atoms with Crippen molar-refractivity contribution in [3.63, 3.8) is 0 Å². The van der Waals surface area contributed by atoms with E-state index in [1.807, 2.05) is 6.07 Å². The summed E-state index contributed by atoms with van der Waals surface area (Å²) in [4.78, 5) is 0. The first-order valence-electron chi connectivity index (χ1n) is 7.03. The molecule has 1 aliphatic rings. The molecule has 0 heterocycles. The Morgan fingerprint density at radius 1 is 1.25 bits per heavy atom. The lowest BCUT2D eigenvalue weighted by Crippen LogP contribution is -2.35. The highest BCUT2D eigenvalue weighted by Crippen LogP contribution is 2.36. The second-order valence-corrected chi connectivity index (χ2v) is 5.48. The number of aliphatic hydroxyl groups excluding tert-OH is 1. The zero-order chi connectivity index (χ0) is 14.4. The predicted octanol–water partition coefficient (Wildman–Crippen LogP) is 3.64. The molecule has 0 amide bonds. The first kappa shape index (κ1) is 15.0. The van der Waals surface area contributed by atoms with Gasteiger partial charge < -0.3 is 15.2 Å². The van der Waals surface area contributed by atoms with Gasteiger partial charge in [0.05, 0.1) is 6.61 Å². The Morgan fingerprint density at radius 2 is 2.00 bits per heavy atom. The molecule has 0 unspecified atom stereocenters. The van der Waals surface area contributed by atoms with Crippen LogP contribution >= 0.6 is 0 Å². The van der Waals surface area contributed by atoms with Crippen LogP contribution in [0.1, 0.15) is 32.1 Å². The fraction of sp³-hybridized carbons (Fsp3) is 0.600. The third-order valence-corrected chi connectivity index (χ3v) is 3.98. The number of ether oxygens (including phenoxy) is 1. The van der Waals surface area contributed by atoms with E-state index in [1.165, 1.54) is 12.5 Å². The summed E-state index contributed by atoms with van der Waals surface area (Å²) >= 11 is 0. The van der Waals surface area contributed by atoms with Crippen LogP contribution < -0.4 is 10.1 Å². The number of hydrogen-bond donors (Lipinski definition) is 2. The lowest BCUT2D eigenvalue weighted by atomic mass is 9.74. The average Bonchev–Trinajstić information content (AvgIpc) is 2.46. The van der Waals surface area contributed by atoms with Crippen molar-refractivity contribution in [3.8, 4) is 5.75 Å². The van der Waals surface area contributed by atoms with Gasteiger partial charge in [-0.2, -0.15) is 8.78 Å². The highest BCUT2D eigenvalue weighted by atomic mass is 19.3. The van der Waals surface area contributed by atoms with Crippen LogP contribution in [0.15, 0.2) is 24.3 Å². The molecule has 0 saturated heterocycles. The van der Waals surface area contributed by atoms with Gasteiger partial charge in [0.15, 0.2) is 0 Å². The fourth-order valence-electron chi connectivity index (χ4n) is 2.76. The molecular weight excluding hydrogens is 264 g/mol. The number of halogens is 2. The molecule has 0 aliphatic heterocycles. The third kappa shape index (κ3) is 4.07. The van der Waals surface area contributed by atoms with E-state index in [0.717, 1.165) is 31.4 Å². The van der Waals surface area contributed by atoms with Gasteiger partial charge in [-0.3, -0.25) is 0 Å². The third-order valence-electron chi connectivity index (χ3n) is 3.98. The van der Waals surface area contributed by atoms with Gasteiger partial charge in [-0.25, -0.2) is 0 Å². The summed E-state index contributed by atoms with van der Waals surface area (Å²) in [5, 5.41) is 12.9. The van der Waals surface area contributed by atoms with Crippen LogP contribution in [0.25, 0.3) is 0 Å². The van der Waals surface area contributed by atoms with Gasteiger partial charge in [0, 0.05) is 23.7 Å². The standard InChI is InChI=1S/C15H21F2NO2/c16-14(17)20-13-6-4-5-12(9-13)18-10-15(11-19)7-2-1-3-8-15/h4-6,9,14,18-19H,1-3,7-8,10-11H2. The van der Waals surface area contributed by atoms with Crippen molar-refractivity contribution in [2.45, 2.75) is 38.7 Å². The summed E-state index contributed by atoms with van der Waals surface area (Å²) < 4.78 is 28.7. The minimum Gasteiger partial charge on any atom is -0.435 e. The zero-order valence-corrected chi connectivity index (χ0v) is 11.4. The quantitative estimate of drug-likeness (QED) is 0.838. The van der Waals surface area contributed by atoms with E-state index in [0.29, 0.717) is 6.54 Å². The summed E-state index contributed by atoms with van der Waals surface area (Å²) in [6.45, 7) is -2.00. The number of benzene rings is 1. The van der Waals surface area contributed by atoms with Crippen LogP contribution in [0.5, 0.6) is 5.75 Å². The SMILES string of the molecule is OCC1(CNc2cccc(OC(F)F)c2)CCCCC1. The van der Waals surface area contributed by atoms with Crippen molar-refractivity contribution in [3.05, 3.63) is 24.3 Å². The first-order chi connectivity index (χ1) is 9.63. The maximum absolute atomic E-state index is 12.2. The van der Waals surface area contributed by atoms with Gasteiger partial charge in [-0.1, -0.05) is 25.3 Å². The van der Waals surface area contributed by atoms with E-state index >= 15 is 0 Å². The normalized spacial score (nSPS) is 18.0. The Bertz CT molecular complexity index is 420. The lowest BCUT2D eigenvalue weighted by Gasteiger charge is -2.36. The van der Waals surface area contributed by atoms with Crippen LogP contribution in [-0.2, 0) is 0 Å². The van der Waals surface area contributed by atoms with E-state index in [-0.39, 0.29) is 17.8 Å². The lowest BCUT2D eigenvalue weighted by molar-refractivity contribution is -0.0498. The number of nitrogens with one attached hydrogen (secondary N) is 1. The maximum atomic E-state index is 12.2. The molecule has 20 heavy (non-hydrogen) atoms. The molecule has 2 rings (SSSR count). The largest absolute Gasteiger partial charge is 0.435 e. The molecule has 1 saturated carbocycles. The van der Waals surface area contributed by atoms with Crippen molar-refractivity contribution in [2.75, 3.05) is 18.5 Å². The predicted molar refractivity (Wildman–Crippen MR) is 74.2 cm³/mol. The van der Waals surface area contributed by atoms with E-state index in [4.69, 9.17) is 0 Å². The molecule has 112 valence electrons. The zero-order valence-electron chi connectivity index (χ0n) is 11.4. The average molecular weight is 285 g/mol. The number of alkyl halides is 2. The Morgan fingerprint density at radius 3 is 2.65 bits per heavy atom. The molecule has 0 radical (unpaired) electrons. The molecule has 2 N–H and O–H groups in total. The summed E-state index contributed by atoms with van der Waals surface area (Å²) in [7, 11) is 0. The highest BCUT2D eigenvalue weighted by molar-refractivity contribution is 5.48. The number of aliphatic hydroxyl groups is 1. The van der Waals surface area contributed by atoms with E-state index < -0.39 is 6.61 Å². The van der Waals surface area contributed by atoms with Crippen LogP contribution in [0.3, 0.4) is 0 Å². The second-order valence-electron chi connectivity index (χ2n) is 5.48. The van der Waals surface area contributed by atoms with Crippen molar-refractivity contribution in [1.29, 1.82) is 0 Å². The minimum absolute atomic E-state index is 0.0855. The van der Waals surface area contributed by atoms with Crippen LogP contribution in [0.4, 0.5) is 14.5 Å². The topological polar surface area (TPSA) is 41.5 Å². The van der Waals surface area contributed by atoms with Crippen molar-refractivity contribution >= 4 is 5.69 Å². The van der Waals surface area contributed by atoms with E-state index in [2.05, 4.69) is 10.1 Å². The van der Waals surface area contributed by atoms with Crippen LogP contribution in [0.2, 0.25) is 0 Å². The molecule has 1 aromatic carbocycles. The number of anilines is 1. The number of hydrogen-bond acceptors (Lipinski definition) is 3. The van der Waals surface area contributed by atoms with Gasteiger partial charge in [-0.15, -0.1) is 0 Å². The summed E-state index contributed by atoms with van der Waals surface area (Å²) in [5.74, 6) is 0.145. The molecule has 0 aromatic heterocycles. The van der Waals surface area contributed by atoms with Crippen LogP contribution in [-0.4, -0.2) is 24.9 Å². The summed E-state index contributed by atoms with van der Waals surface area (Å²) in [6, 6.07) is 6.54. The maximum Gasteiger partial charge on any atom is 0.387 e. The van der Waals surface area contributed by atoms with Crippen LogP contribution in [0, 0.1) is 5.41 Å². The van der Waals surface area contributed by atoms with E-state index in [1.54, 1.807) is 12.1 Å². The Hall–Kier alpha value is -1.36. The van der Waals surface area contributed by atoms with E-state index in [9.17, 15) is 13.9 Å². The molecule has 3 nitrogen and oxygen atoms in total. The van der Waals surface area contributed by atoms with Gasteiger partial charge in [0.1, 0.15) is 5.75 Å². The second kappa shape index (κ2) is 6.88. The summed E-state index contributed by atoms with van der Waals surface area (Å²) in [5.41, 5.74) is 0.652. The first-order valence-corrected chi connectivity index (χ1v) is 7.03. The van der Waals surface area contributed by atoms with Crippen molar-refractivity contribution in [1.82, 2.24) is 0 Å². The molecular formula is C15H21F2NO2. The Labute approximate surface area is 117 Å². The molecule has 5 heteroatoms. The van der Waals surface area contributed by atoms with Gasteiger partial charge >= 0.3 is 6.61 Å². The molecule has 0 spiro atoms. The Balaban J connectivity index is 1.95. The monoisotopic (exact) mass is 285 g/mol. The number of rotatable bonds is 6. The van der Waals surface area contributed by atoms with Gasteiger partial charge in [0.2, 0.25) is 0 Å². The van der Waals surface area contributed by atoms with Crippen molar-refractivity contribution in [2.24, 2.45) is 5.41 Å².